The van der Waals surface area contributed by atoms with Gasteiger partial charge in [0.1, 0.15) is 24.2 Å². The quantitative estimate of drug-likeness (QED) is 0.896. The van der Waals surface area contributed by atoms with Gasteiger partial charge in [0.15, 0.2) is 5.13 Å². The number of ether oxygens (including phenoxy) is 2. The molecule has 24 heavy (non-hydrogen) atoms. The van der Waals surface area contributed by atoms with Crippen molar-refractivity contribution in [1.82, 2.24) is 9.97 Å². The standard InChI is InChI=1S/C16H18FN3O3S/c1-9-3-12(23-13-4-10(2)22-7-13)5-14(18-9)15(21)20-16-19-11(6-17)8-24-16/h3,5,8,10,13H,4,6-7H2,1-2H3,(H,19,20,21)/t10-,13-/m1/s1. The molecular weight excluding hydrogens is 333 g/mol. The second-order valence-corrected chi connectivity index (χ2v) is 6.54. The Kier molecular flexibility index (Phi) is 5.06. The zero-order valence-corrected chi connectivity index (χ0v) is 14.2. The SMILES string of the molecule is Cc1cc(O[C@H]2CO[C@H](C)C2)cc(C(=O)Nc2nc(CF)cs2)n1. The number of anilines is 1. The van der Waals surface area contributed by atoms with Gasteiger partial charge in [-0.1, -0.05) is 0 Å². The van der Waals surface area contributed by atoms with Crippen molar-refractivity contribution in [2.24, 2.45) is 0 Å². The Labute approximate surface area is 143 Å². The van der Waals surface area contributed by atoms with Crippen molar-refractivity contribution in [2.75, 3.05) is 11.9 Å². The summed E-state index contributed by atoms with van der Waals surface area (Å²) >= 11 is 1.17. The molecule has 3 heterocycles. The second-order valence-electron chi connectivity index (χ2n) is 5.68. The normalized spacial score (nSPS) is 20.1. The van der Waals surface area contributed by atoms with E-state index >= 15 is 0 Å². The Morgan fingerprint density at radius 1 is 1.50 bits per heavy atom. The first-order chi connectivity index (χ1) is 11.5. The molecule has 2 aromatic rings. The Morgan fingerprint density at radius 2 is 2.33 bits per heavy atom. The molecule has 1 fully saturated rings. The van der Waals surface area contributed by atoms with E-state index in [9.17, 15) is 9.18 Å². The maximum Gasteiger partial charge on any atom is 0.276 e. The molecule has 0 aromatic carbocycles. The summed E-state index contributed by atoms with van der Waals surface area (Å²) in [5.41, 5.74) is 1.20. The molecule has 1 N–H and O–H groups in total. The van der Waals surface area contributed by atoms with Crippen molar-refractivity contribution in [3.05, 3.63) is 34.6 Å². The third-order valence-corrected chi connectivity index (χ3v) is 4.34. The number of alkyl halides is 1. The van der Waals surface area contributed by atoms with E-state index in [1.54, 1.807) is 24.4 Å². The van der Waals surface area contributed by atoms with Crippen molar-refractivity contribution in [1.29, 1.82) is 0 Å². The number of pyridine rings is 1. The zero-order chi connectivity index (χ0) is 17.1. The van der Waals surface area contributed by atoms with Crippen molar-refractivity contribution in [3.8, 4) is 5.75 Å². The molecule has 6 nitrogen and oxygen atoms in total. The minimum Gasteiger partial charge on any atom is -0.488 e. The lowest BCUT2D eigenvalue weighted by Crippen LogP contribution is -2.18. The Balaban J connectivity index is 1.71. The van der Waals surface area contributed by atoms with E-state index in [2.05, 4.69) is 15.3 Å². The van der Waals surface area contributed by atoms with Gasteiger partial charge in [-0.25, -0.2) is 14.4 Å². The molecule has 0 aliphatic carbocycles. The van der Waals surface area contributed by atoms with Gasteiger partial charge in [0, 0.05) is 29.6 Å². The molecule has 2 atom stereocenters. The highest BCUT2D eigenvalue weighted by atomic mass is 32.1. The summed E-state index contributed by atoms with van der Waals surface area (Å²) in [4.78, 5) is 20.5. The van der Waals surface area contributed by atoms with Crippen molar-refractivity contribution < 1.29 is 18.7 Å². The van der Waals surface area contributed by atoms with Gasteiger partial charge < -0.3 is 9.47 Å². The van der Waals surface area contributed by atoms with Gasteiger partial charge in [0.05, 0.1) is 18.4 Å². The van der Waals surface area contributed by atoms with Crippen LogP contribution in [0.1, 0.15) is 35.2 Å². The zero-order valence-electron chi connectivity index (χ0n) is 13.4. The highest BCUT2D eigenvalue weighted by molar-refractivity contribution is 7.13. The minimum absolute atomic E-state index is 0.0243. The van der Waals surface area contributed by atoms with E-state index in [-0.39, 0.29) is 17.9 Å². The predicted octanol–water partition coefficient (Wildman–Crippen LogP) is 3.12. The van der Waals surface area contributed by atoms with E-state index in [0.717, 1.165) is 6.42 Å². The number of hydrogen-bond donors (Lipinski definition) is 1. The molecule has 1 amide bonds. The second kappa shape index (κ2) is 7.23. The number of carbonyl (C=O) groups excluding carboxylic acids is 1. The summed E-state index contributed by atoms with van der Waals surface area (Å²) in [6.07, 6.45) is 0.965. The molecule has 1 saturated heterocycles. The lowest BCUT2D eigenvalue weighted by Gasteiger charge is -2.13. The average molecular weight is 351 g/mol. The smallest absolute Gasteiger partial charge is 0.276 e. The number of rotatable bonds is 5. The maximum absolute atomic E-state index is 12.5. The van der Waals surface area contributed by atoms with Gasteiger partial charge >= 0.3 is 0 Å². The first-order valence-electron chi connectivity index (χ1n) is 7.62. The average Bonchev–Trinajstić information content (AvgIpc) is 3.15. The number of carbonyl (C=O) groups is 1. The van der Waals surface area contributed by atoms with E-state index < -0.39 is 12.6 Å². The number of hydrogen-bond acceptors (Lipinski definition) is 6. The summed E-state index contributed by atoms with van der Waals surface area (Å²) in [7, 11) is 0. The predicted molar refractivity (Wildman–Crippen MR) is 88.3 cm³/mol. The number of nitrogens with one attached hydrogen (secondary N) is 1. The minimum atomic E-state index is -0.658. The Bertz CT molecular complexity index is 737. The van der Waals surface area contributed by atoms with Crippen LogP contribution in [0.2, 0.25) is 0 Å². The molecule has 0 spiro atoms. The molecule has 0 unspecified atom stereocenters. The largest absolute Gasteiger partial charge is 0.488 e. The van der Waals surface area contributed by atoms with Crippen LogP contribution in [0.5, 0.6) is 5.75 Å². The van der Waals surface area contributed by atoms with Crippen LogP contribution in [0.3, 0.4) is 0 Å². The lowest BCUT2D eigenvalue weighted by atomic mass is 10.2. The van der Waals surface area contributed by atoms with Crippen LogP contribution in [0, 0.1) is 6.92 Å². The van der Waals surface area contributed by atoms with Crippen LogP contribution in [-0.4, -0.2) is 34.7 Å². The summed E-state index contributed by atoms with van der Waals surface area (Å²) in [6, 6.07) is 3.37. The fraction of sp³-hybridized carbons (Fsp3) is 0.438. The van der Waals surface area contributed by atoms with Crippen LogP contribution in [0.15, 0.2) is 17.5 Å². The topological polar surface area (TPSA) is 73.3 Å². The van der Waals surface area contributed by atoms with Crippen molar-refractivity contribution in [3.63, 3.8) is 0 Å². The van der Waals surface area contributed by atoms with Gasteiger partial charge in [-0.05, 0) is 13.8 Å². The lowest BCUT2D eigenvalue weighted by molar-refractivity contribution is 0.101. The monoisotopic (exact) mass is 351 g/mol. The molecule has 0 saturated carbocycles. The maximum atomic E-state index is 12.5. The van der Waals surface area contributed by atoms with Gasteiger partial charge in [0.2, 0.25) is 0 Å². The van der Waals surface area contributed by atoms with E-state index in [4.69, 9.17) is 9.47 Å². The molecule has 0 bridgehead atoms. The van der Waals surface area contributed by atoms with Crippen LogP contribution >= 0.6 is 11.3 Å². The molecule has 3 rings (SSSR count). The molecule has 0 radical (unpaired) electrons. The first kappa shape index (κ1) is 16.8. The molecule has 128 valence electrons. The van der Waals surface area contributed by atoms with E-state index in [1.807, 2.05) is 6.92 Å². The van der Waals surface area contributed by atoms with Crippen molar-refractivity contribution >= 4 is 22.4 Å². The Morgan fingerprint density at radius 3 is 3.00 bits per heavy atom. The van der Waals surface area contributed by atoms with Gasteiger partial charge in [-0.3, -0.25) is 10.1 Å². The first-order valence-corrected chi connectivity index (χ1v) is 8.50. The molecule has 1 aliphatic heterocycles. The number of halogens is 1. The van der Waals surface area contributed by atoms with Crippen LogP contribution < -0.4 is 10.1 Å². The number of nitrogens with zero attached hydrogens (tertiary/aromatic N) is 2. The summed E-state index contributed by atoms with van der Waals surface area (Å²) < 4.78 is 23.9. The fourth-order valence-corrected chi connectivity index (χ4v) is 3.15. The van der Waals surface area contributed by atoms with Crippen LogP contribution in [0.25, 0.3) is 0 Å². The number of amides is 1. The summed E-state index contributed by atoms with van der Waals surface area (Å²) in [6.45, 7) is 3.67. The highest BCUT2D eigenvalue weighted by Crippen LogP contribution is 2.22. The van der Waals surface area contributed by atoms with Crippen LogP contribution in [0.4, 0.5) is 9.52 Å². The van der Waals surface area contributed by atoms with E-state index in [1.165, 1.54) is 11.3 Å². The molecular formula is C16H18FN3O3S. The highest BCUT2D eigenvalue weighted by Gasteiger charge is 2.24. The van der Waals surface area contributed by atoms with Gasteiger partial charge in [-0.2, -0.15) is 0 Å². The number of thiazole rings is 1. The fourth-order valence-electron chi connectivity index (χ4n) is 2.46. The summed E-state index contributed by atoms with van der Waals surface area (Å²) in [5, 5.41) is 4.54. The molecule has 2 aromatic heterocycles. The Hall–Kier alpha value is -2.06. The third-order valence-electron chi connectivity index (χ3n) is 3.53. The van der Waals surface area contributed by atoms with Gasteiger partial charge in [0.25, 0.3) is 5.91 Å². The molecule has 1 aliphatic rings. The van der Waals surface area contributed by atoms with Crippen molar-refractivity contribution in [2.45, 2.75) is 39.2 Å². The number of aryl methyl sites for hydroxylation is 1. The van der Waals surface area contributed by atoms with Gasteiger partial charge in [-0.15, -0.1) is 11.3 Å². The number of aromatic nitrogens is 2. The summed E-state index contributed by atoms with van der Waals surface area (Å²) in [5.74, 6) is 0.179. The van der Waals surface area contributed by atoms with E-state index in [0.29, 0.717) is 28.9 Å². The molecule has 8 heteroatoms. The van der Waals surface area contributed by atoms with Crippen LogP contribution in [-0.2, 0) is 11.4 Å². The third kappa shape index (κ3) is 4.07.